The molecule has 142 valence electrons. The van der Waals surface area contributed by atoms with Crippen molar-refractivity contribution in [2.24, 2.45) is 17.8 Å². The predicted molar refractivity (Wildman–Crippen MR) is 99.3 cm³/mol. The number of hydrogen-bond donors (Lipinski definition) is 1. The number of carboxylic acids is 1. The lowest BCUT2D eigenvalue weighted by Crippen LogP contribution is -2.30. The lowest BCUT2D eigenvalue weighted by molar-refractivity contribution is -0.142. The van der Waals surface area contributed by atoms with Crippen LogP contribution in [0, 0.1) is 31.6 Å². The van der Waals surface area contributed by atoms with Crippen LogP contribution in [-0.2, 0) is 4.79 Å². The van der Waals surface area contributed by atoms with Gasteiger partial charge in [-0.3, -0.25) is 9.59 Å². The fraction of sp³-hybridized carbons (Fsp3) is 0.714. The maximum atomic E-state index is 13.2. The molecule has 5 heteroatoms. The van der Waals surface area contributed by atoms with Crippen LogP contribution in [0.3, 0.4) is 0 Å². The molecule has 2 atom stereocenters. The van der Waals surface area contributed by atoms with E-state index in [4.69, 9.17) is 0 Å². The number of likely N-dealkylation sites (tertiary alicyclic amines) is 1. The van der Waals surface area contributed by atoms with Crippen LogP contribution < -0.4 is 0 Å². The first-order valence-electron chi connectivity index (χ1n) is 10.2. The Balaban J connectivity index is 1.56. The second kappa shape index (κ2) is 6.75. The SMILES string of the molecule is Cc1cc(C(=O)N2C[C@H](C(=O)O)[C@@H](C3CC3)C2)c(C)n1C1CCCCC1. The van der Waals surface area contributed by atoms with Crippen molar-refractivity contribution in [3.63, 3.8) is 0 Å². The Morgan fingerprint density at radius 1 is 1.04 bits per heavy atom. The van der Waals surface area contributed by atoms with Crippen molar-refractivity contribution in [2.75, 3.05) is 13.1 Å². The monoisotopic (exact) mass is 358 g/mol. The first-order valence-corrected chi connectivity index (χ1v) is 10.2. The molecule has 2 aliphatic carbocycles. The van der Waals surface area contributed by atoms with Gasteiger partial charge < -0.3 is 14.6 Å². The van der Waals surface area contributed by atoms with E-state index in [2.05, 4.69) is 18.4 Å². The van der Waals surface area contributed by atoms with Gasteiger partial charge in [-0.05, 0) is 57.4 Å². The van der Waals surface area contributed by atoms with E-state index in [0.29, 0.717) is 25.0 Å². The van der Waals surface area contributed by atoms with E-state index >= 15 is 0 Å². The second-order valence-electron chi connectivity index (χ2n) is 8.60. The van der Waals surface area contributed by atoms with Crippen LogP contribution in [-0.4, -0.2) is 39.5 Å². The summed E-state index contributed by atoms with van der Waals surface area (Å²) in [6.07, 6.45) is 8.46. The molecule has 1 aromatic rings. The molecule has 0 radical (unpaired) electrons. The van der Waals surface area contributed by atoms with Gasteiger partial charge in [-0.2, -0.15) is 0 Å². The molecule has 4 rings (SSSR count). The molecule has 3 fully saturated rings. The summed E-state index contributed by atoms with van der Waals surface area (Å²) in [7, 11) is 0. The molecule has 1 aromatic heterocycles. The average Bonchev–Trinajstić information content (AvgIpc) is 3.30. The first kappa shape index (κ1) is 17.6. The minimum Gasteiger partial charge on any atom is -0.481 e. The molecule has 1 aliphatic heterocycles. The summed E-state index contributed by atoms with van der Waals surface area (Å²) in [6.45, 7) is 5.11. The molecule has 26 heavy (non-hydrogen) atoms. The van der Waals surface area contributed by atoms with Crippen LogP contribution in [0.15, 0.2) is 6.07 Å². The summed E-state index contributed by atoms with van der Waals surface area (Å²) in [5.41, 5.74) is 2.99. The number of carboxylic acid groups (broad SMARTS) is 1. The molecule has 0 bridgehead atoms. The maximum absolute atomic E-state index is 13.2. The Bertz CT molecular complexity index is 713. The van der Waals surface area contributed by atoms with Gasteiger partial charge in [0.05, 0.1) is 11.5 Å². The summed E-state index contributed by atoms with van der Waals surface area (Å²) >= 11 is 0. The topological polar surface area (TPSA) is 62.5 Å². The summed E-state index contributed by atoms with van der Waals surface area (Å²) in [5, 5.41) is 9.56. The third-order valence-corrected chi connectivity index (χ3v) is 6.85. The lowest BCUT2D eigenvalue weighted by Gasteiger charge is -2.26. The number of hydrogen-bond acceptors (Lipinski definition) is 2. The molecule has 1 N–H and O–H groups in total. The Morgan fingerprint density at radius 3 is 2.35 bits per heavy atom. The number of nitrogens with zero attached hydrogens (tertiary/aromatic N) is 2. The minimum atomic E-state index is -0.745. The maximum Gasteiger partial charge on any atom is 0.308 e. The number of aliphatic carboxylic acids is 1. The minimum absolute atomic E-state index is 0.0227. The zero-order chi connectivity index (χ0) is 18.4. The number of carbonyl (C=O) groups is 2. The molecule has 5 nitrogen and oxygen atoms in total. The summed E-state index contributed by atoms with van der Waals surface area (Å²) in [4.78, 5) is 26.6. The Morgan fingerprint density at radius 2 is 1.73 bits per heavy atom. The molecule has 1 saturated heterocycles. The number of amides is 1. The number of rotatable bonds is 4. The van der Waals surface area contributed by atoms with Gasteiger partial charge in [0.2, 0.25) is 0 Å². The molecule has 0 spiro atoms. The van der Waals surface area contributed by atoms with E-state index in [9.17, 15) is 14.7 Å². The first-order chi connectivity index (χ1) is 12.5. The summed E-state index contributed by atoms with van der Waals surface area (Å²) in [6, 6.07) is 2.53. The van der Waals surface area contributed by atoms with Crippen molar-refractivity contribution < 1.29 is 14.7 Å². The van der Waals surface area contributed by atoms with Gasteiger partial charge in [0.1, 0.15) is 0 Å². The van der Waals surface area contributed by atoms with E-state index in [-0.39, 0.29) is 11.8 Å². The predicted octanol–water partition coefficient (Wildman–Crippen LogP) is 3.79. The van der Waals surface area contributed by atoms with Crippen LogP contribution in [0.4, 0.5) is 0 Å². The highest BCUT2D eigenvalue weighted by atomic mass is 16.4. The molecular formula is C21H30N2O3. The van der Waals surface area contributed by atoms with Crippen LogP contribution in [0.5, 0.6) is 0 Å². The normalized spacial score (nSPS) is 27.1. The van der Waals surface area contributed by atoms with Crippen molar-refractivity contribution in [1.82, 2.24) is 9.47 Å². The molecule has 2 heterocycles. The highest BCUT2D eigenvalue weighted by Gasteiger charge is 2.47. The van der Waals surface area contributed by atoms with Gasteiger partial charge in [-0.1, -0.05) is 19.3 Å². The van der Waals surface area contributed by atoms with Gasteiger partial charge in [0, 0.05) is 30.5 Å². The number of carbonyl (C=O) groups excluding carboxylic acids is 1. The van der Waals surface area contributed by atoms with Crippen molar-refractivity contribution in [3.05, 3.63) is 23.0 Å². The van der Waals surface area contributed by atoms with Crippen LogP contribution in [0.2, 0.25) is 0 Å². The van der Waals surface area contributed by atoms with E-state index in [1.54, 1.807) is 4.90 Å². The highest BCUT2D eigenvalue weighted by Crippen LogP contribution is 2.44. The Hall–Kier alpha value is -1.78. The Labute approximate surface area is 155 Å². The highest BCUT2D eigenvalue weighted by molar-refractivity contribution is 5.96. The van der Waals surface area contributed by atoms with Gasteiger partial charge in [0.25, 0.3) is 5.91 Å². The van der Waals surface area contributed by atoms with E-state index in [0.717, 1.165) is 29.8 Å². The van der Waals surface area contributed by atoms with Crippen LogP contribution in [0.25, 0.3) is 0 Å². The smallest absolute Gasteiger partial charge is 0.308 e. The summed E-state index contributed by atoms with van der Waals surface area (Å²) in [5.74, 6) is -0.477. The largest absolute Gasteiger partial charge is 0.481 e. The molecule has 1 amide bonds. The van der Waals surface area contributed by atoms with E-state index < -0.39 is 11.9 Å². The standard InChI is InChI=1S/C21H30N2O3/c1-13-10-17(14(2)23(13)16-6-4-3-5-7-16)20(24)22-11-18(15-8-9-15)19(12-22)21(25)26/h10,15-16,18-19H,3-9,11-12H2,1-2H3,(H,25,26)/t18-,19+/m1/s1. The van der Waals surface area contributed by atoms with Gasteiger partial charge in [-0.15, -0.1) is 0 Å². The molecule has 3 aliphatic rings. The van der Waals surface area contributed by atoms with Gasteiger partial charge >= 0.3 is 5.97 Å². The fourth-order valence-corrected chi connectivity index (χ4v) is 5.32. The number of aryl methyl sites for hydroxylation is 1. The average molecular weight is 358 g/mol. The fourth-order valence-electron chi connectivity index (χ4n) is 5.32. The zero-order valence-corrected chi connectivity index (χ0v) is 15.9. The quantitative estimate of drug-likeness (QED) is 0.891. The second-order valence-corrected chi connectivity index (χ2v) is 8.60. The third kappa shape index (κ3) is 3.06. The van der Waals surface area contributed by atoms with Crippen LogP contribution >= 0.6 is 0 Å². The lowest BCUT2D eigenvalue weighted by atomic mass is 9.92. The molecule has 2 saturated carbocycles. The molecule has 0 aromatic carbocycles. The van der Waals surface area contributed by atoms with Crippen molar-refractivity contribution in [3.8, 4) is 0 Å². The van der Waals surface area contributed by atoms with Crippen molar-refractivity contribution in [2.45, 2.75) is 64.8 Å². The Kier molecular flexibility index (Phi) is 4.57. The van der Waals surface area contributed by atoms with E-state index in [1.165, 1.54) is 32.1 Å². The van der Waals surface area contributed by atoms with Gasteiger partial charge in [0.15, 0.2) is 0 Å². The zero-order valence-electron chi connectivity index (χ0n) is 15.9. The number of aromatic nitrogens is 1. The summed E-state index contributed by atoms with van der Waals surface area (Å²) < 4.78 is 2.36. The van der Waals surface area contributed by atoms with Crippen molar-refractivity contribution in [1.29, 1.82) is 0 Å². The van der Waals surface area contributed by atoms with Gasteiger partial charge in [-0.25, -0.2) is 0 Å². The van der Waals surface area contributed by atoms with Crippen LogP contribution in [0.1, 0.15) is 72.7 Å². The van der Waals surface area contributed by atoms with Crippen molar-refractivity contribution >= 4 is 11.9 Å². The van der Waals surface area contributed by atoms with E-state index in [1.807, 2.05) is 6.07 Å². The molecular weight excluding hydrogens is 328 g/mol. The molecule has 0 unspecified atom stereocenters. The third-order valence-electron chi connectivity index (χ3n) is 6.85.